The molecule has 0 atom stereocenters. The standard InChI is InChI=1S/C19H16ClNO6S/c1-26-15-8-5-12(9-14(15)20)19-18(16(27-21-19)10-17(22)23)11-3-6-13(7-4-11)28(2,24)25/h3-9H,10H2,1-2H3,(H,22,23). The monoisotopic (exact) mass is 421 g/mol. The lowest BCUT2D eigenvalue weighted by atomic mass is 9.98. The summed E-state index contributed by atoms with van der Waals surface area (Å²) in [4.78, 5) is 11.4. The van der Waals surface area contributed by atoms with Crippen molar-refractivity contribution >= 4 is 27.4 Å². The first-order chi connectivity index (χ1) is 13.2. The normalized spacial score (nSPS) is 11.4. The van der Waals surface area contributed by atoms with Crippen LogP contribution in [0.1, 0.15) is 5.76 Å². The molecule has 0 saturated heterocycles. The minimum absolute atomic E-state index is 0.154. The van der Waals surface area contributed by atoms with Crippen molar-refractivity contribution in [3.05, 3.63) is 53.2 Å². The number of hydrogen-bond acceptors (Lipinski definition) is 6. The number of sulfone groups is 1. The summed E-state index contributed by atoms with van der Waals surface area (Å²) in [5.41, 5.74) is 2.04. The van der Waals surface area contributed by atoms with Crippen LogP contribution in [0.15, 0.2) is 51.9 Å². The lowest BCUT2D eigenvalue weighted by Gasteiger charge is -2.07. The smallest absolute Gasteiger partial charge is 0.311 e. The number of nitrogens with zero attached hydrogens (tertiary/aromatic N) is 1. The quantitative estimate of drug-likeness (QED) is 0.646. The molecule has 3 aromatic rings. The van der Waals surface area contributed by atoms with E-state index >= 15 is 0 Å². The van der Waals surface area contributed by atoms with E-state index in [2.05, 4.69) is 5.16 Å². The van der Waals surface area contributed by atoms with Crippen molar-refractivity contribution in [1.29, 1.82) is 0 Å². The Morgan fingerprint density at radius 2 is 1.82 bits per heavy atom. The lowest BCUT2D eigenvalue weighted by molar-refractivity contribution is -0.136. The van der Waals surface area contributed by atoms with Crippen LogP contribution in [-0.4, -0.2) is 38.0 Å². The Bertz CT molecular complexity index is 1140. The van der Waals surface area contributed by atoms with Gasteiger partial charge in [0.2, 0.25) is 0 Å². The van der Waals surface area contributed by atoms with Gasteiger partial charge in [0.05, 0.1) is 22.6 Å². The van der Waals surface area contributed by atoms with Crippen LogP contribution in [0.2, 0.25) is 5.02 Å². The maximum atomic E-state index is 11.7. The summed E-state index contributed by atoms with van der Waals surface area (Å²) in [6.07, 6.45) is 0.738. The van der Waals surface area contributed by atoms with Gasteiger partial charge in [0, 0.05) is 11.8 Å². The summed E-state index contributed by atoms with van der Waals surface area (Å²) in [6, 6.07) is 11.1. The zero-order valence-corrected chi connectivity index (χ0v) is 16.5. The predicted molar refractivity (Wildman–Crippen MR) is 103 cm³/mol. The molecule has 1 heterocycles. The van der Waals surface area contributed by atoms with Crippen molar-refractivity contribution in [1.82, 2.24) is 5.16 Å². The summed E-state index contributed by atoms with van der Waals surface area (Å²) >= 11 is 6.20. The van der Waals surface area contributed by atoms with Gasteiger partial charge < -0.3 is 14.4 Å². The summed E-state index contributed by atoms with van der Waals surface area (Å²) < 4.78 is 33.8. The lowest BCUT2D eigenvalue weighted by Crippen LogP contribution is -2.01. The molecule has 3 rings (SSSR count). The number of methoxy groups -OCH3 is 1. The van der Waals surface area contributed by atoms with Crippen molar-refractivity contribution in [2.45, 2.75) is 11.3 Å². The van der Waals surface area contributed by atoms with Crippen LogP contribution in [0, 0.1) is 0 Å². The highest BCUT2D eigenvalue weighted by molar-refractivity contribution is 7.90. The van der Waals surface area contributed by atoms with Gasteiger partial charge in [0.1, 0.15) is 17.9 Å². The van der Waals surface area contributed by atoms with Gasteiger partial charge >= 0.3 is 5.97 Å². The molecular weight excluding hydrogens is 406 g/mol. The average molecular weight is 422 g/mol. The number of halogens is 1. The molecule has 28 heavy (non-hydrogen) atoms. The maximum Gasteiger partial charge on any atom is 0.311 e. The largest absolute Gasteiger partial charge is 0.495 e. The van der Waals surface area contributed by atoms with Crippen molar-refractivity contribution in [2.24, 2.45) is 0 Å². The predicted octanol–water partition coefficient (Wildman–Crippen LogP) is 3.70. The molecule has 0 aliphatic heterocycles. The van der Waals surface area contributed by atoms with E-state index in [-0.39, 0.29) is 17.1 Å². The van der Waals surface area contributed by atoms with Gasteiger partial charge in [0.15, 0.2) is 15.6 Å². The number of hydrogen-bond donors (Lipinski definition) is 1. The molecule has 0 saturated carbocycles. The van der Waals surface area contributed by atoms with Crippen LogP contribution in [0.25, 0.3) is 22.4 Å². The van der Waals surface area contributed by atoms with E-state index in [1.807, 2.05) is 0 Å². The molecular formula is C19H16ClNO6S. The third-order valence-corrected chi connectivity index (χ3v) is 5.49. The number of rotatable bonds is 6. The molecule has 0 fully saturated rings. The topological polar surface area (TPSA) is 107 Å². The van der Waals surface area contributed by atoms with Crippen LogP contribution in [0.5, 0.6) is 5.75 Å². The number of aliphatic carboxylic acids is 1. The highest BCUT2D eigenvalue weighted by Gasteiger charge is 2.22. The molecule has 0 bridgehead atoms. The highest BCUT2D eigenvalue weighted by Crippen LogP contribution is 2.38. The van der Waals surface area contributed by atoms with Crippen molar-refractivity contribution in [3.63, 3.8) is 0 Å². The SMILES string of the molecule is COc1ccc(-c2noc(CC(=O)O)c2-c2ccc(S(C)(=O)=O)cc2)cc1Cl. The molecule has 0 spiro atoms. The molecule has 1 N–H and O–H groups in total. The Hall–Kier alpha value is -2.84. The van der Waals surface area contributed by atoms with Gasteiger partial charge in [0.25, 0.3) is 0 Å². The number of carboxylic acids is 1. The fourth-order valence-corrected chi connectivity index (χ4v) is 3.65. The van der Waals surface area contributed by atoms with Crippen LogP contribution < -0.4 is 4.74 Å². The Balaban J connectivity index is 2.16. The zero-order chi connectivity index (χ0) is 20.5. The molecule has 1 aromatic heterocycles. The van der Waals surface area contributed by atoms with E-state index in [0.717, 1.165) is 6.26 Å². The molecule has 0 amide bonds. The minimum atomic E-state index is -3.36. The molecule has 2 aromatic carbocycles. The van der Waals surface area contributed by atoms with Crippen molar-refractivity contribution in [2.75, 3.05) is 13.4 Å². The number of ether oxygens (including phenoxy) is 1. The van der Waals surface area contributed by atoms with Crippen LogP contribution >= 0.6 is 11.6 Å². The van der Waals surface area contributed by atoms with Crippen molar-refractivity contribution < 1.29 is 27.6 Å². The second-order valence-electron chi connectivity index (χ2n) is 6.05. The first-order valence-electron chi connectivity index (χ1n) is 8.05. The molecule has 0 aliphatic carbocycles. The van der Waals surface area contributed by atoms with Gasteiger partial charge in [-0.3, -0.25) is 4.79 Å². The first-order valence-corrected chi connectivity index (χ1v) is 10.3. The molecule has 146 valence electrons. The first kappa shape index (κ1) is 19.9. The molecule has 0 unspecified atom stereocenters. The van der Waals surface area contributed by atoms with Crippen LogP contribution in [0.4, 0.5) is 0 Å². The van der Waals surface area contributed by atoms with Gasteiger partial charge in [-0.15, -0.1) is 0 Å². The summed E-state index contributed by atoms with van der Waals surface area (Å²) in [5, 5.41) is 13.6. The van der Waals surface area contributed by atoms with Gasteiger partial charge in [-0.05, 0) is 35.9 Å². The summed E-state index contributed by atoms with van der Waals surface area (Å²) in [7, 11) is -1.86. The highest BCUT2D eigenvalue weighted by atomic mass is 35.5. The third kappa shape index (κ3) is 4.02. The Morgan fingerprint density at radius 1 is 1.18 bits per heavy atom. The molecule has 9 heteroatoms. The molecule has 7 nitrogen and oxygen atoms in total. The van der Waals surface area contributed by atoms with E-state index in [0.29, 0.717) is 33.2 Å². The van der Waals surface area contributed by atoms with E-state index in [1.165, 1.54) is 19.2 Å². The Kier molecular flexibility index (Phi) is 5.44. The number of benzene rings is 2. The summed E-state index contributed by atoms with van der Waals surface area (Å²) in [6.45, 7) is 0. The van der Waals surface area contributed by atoms with Gasteiger partial charge in [-0.1, -0.05) is 28.9 Å². The Morgan fingerprint density at radius 3 is 2.36 bits per heavy atom. The molecule has 0 aliphatic rings. The van der Waals surface area contributed by atoms with Gasteiger partial charge in [-0.25, -0.2) is 8.42 Å². The Labute approximate surface area is 166 Å². The third-order valence-electron chi connectivity index (χ3n) is 4.07. The minimum Gasteiger partial charge on any atom is -0.495 e. The van der Waals surface area contributed by atoms with Crippen molar-refractivity contribution in [3.8, 4) is 28.1 Å². The molecule has 0 radical (unpaired) electrons. The van der Waals surface area contributed by atoms with Crippen LogP contribution in [-0.2, 0) is 21.1 Å². The second-order valence-corrected chi connectivity index (χ2v) is 8.47. The second kappa shape index (κ2) is 7.65. The number of carboxylic acid groups (broad SMARTS) is 1. The number of aromatic nitrogens is 1. The average Bonchev–Trinajstić information content (AvgIpc) is 3.03. The van der Waals surface area contributed by atoms with Gasteiger partial charge in [-0.2, -0.15) is 0 Å². The summed E-state index contributed by atoms with van der Waals surface area (Å²) in [5.74, 6) is -0.440. The fourth-order valence-electron chi connectivity index (χ4n) is 2.76. The fraction of sp³-hybridized carbons (Fsp3) is 0.158. The maximum absolute atomic E-state index is 11.7. The number of carbonyl (C=O) groups is 1. The van der Waals surface area contributed by atoms with E-state index in [4.69, 9.17) is 20.9 Å². The van der Waals surface area contributed by atoms with E-state index < -0.39 is 15.8 Å². The zero-order valence-electron chi connectivity index (χ0n) is 15.0. The van der Waals surface area contributed by atoms with E-state index in [9.17, 15) is 18.3 Å². The van der Waals surface area contributed by atoms with Crippen LogP contribution in [0.3, 0.4) is 0 Å². The van der Waals surface area contributed by atoms with E-state index in [1.54, 1.807) is 30.3 Å².